The number of H-pyrrole nitrogens is 1. The summed E-state index contributed by atoms with van der Waals surface area (Å²) in [6.45, 7) is 1.98. The number of carbonyl (C=O) groups is 1. The zero-order valence-corrected chi connectivity index (χ0v) is 11.5. The summed E-state index contributed by atoms with van der Waals surface area (Å²) in [5.74, 6) is 0.194. The molecule has 0 atom stereocenters. The topological polar surface area (TPSA) is 45.8 Å². The van der Waals surface area contributed by atoms with Crippen LogP contribution in [0.3, 0.4) is 0 Å². The number of nitrogens with zero attached hydrogens (tertiary/aromatic N) is 1. The zero-order valence-electron chi connectivity index (χ0n) is 10.6. The highest BCUT2D eigenvalue weighted by Gasteiger charge is 2.13. The quantitative estimate of drug-likeness (QED) is 0.734. The average Bonchev–Trinajstić information content (AvgIpc) is 3.02. The van der Waals surface area contributed by atoms with E-state index in [-0.39, 0.29) is 5.78 Å². The van der Waals surface area contributed by atoms with Crippen LogP contribution in [0.15, 0.2) is 36.0 Å². The van der Waals surface area contributed by atoms with E-state index in [0.717, 1.165) is 22.3 Å². The van der Waals surface area contributed by atoms with Crippen molar-refractivity contribution in [3.8, 4) is 0 Å². The maximum absolute atomic E-state index is 12.3. The molecule has 0 spiro atoms. The van der Waals surface area contributed by atoms with Crippen molar-refractivity contribution < 1.29 is 4.79 Å². The Bertz CT molecular complexity index is 726. The Hall–Kier alpha value is -1.94. The fourth-order valence-corrected chi connectivity index (χ4v) is 3.16. The van der Waals surface area contributed by atoms with Crippen molar-refractivity contribution >= 4 is 27.2 Å². The van der Waals surface area contributed by atoms with Crippen LogP contribution in [-0.2, 0) is 6.42 Å². The summed E-state index contributed by atoms with van der Waals surface area (Å²) in [6, 6.07) is 8.04. The second kappa shape index (κ2) is 4.97. The van der Waals surface area contributed by atoms with E-state index in [9.17, 15) is 4.79 Å². The predicted molar refractivity (Wildman–Crippen MR) is 77.8 cm³/mol. The van der Waals surface area contributed by atoms with Crippen molar-refractivity contribution in [1.29, 1.82) is 0 Å². The van der Waals surface area contributed by atoms with Crippen molar-refractivity contribution in [2.75, 3.05) is 0 Å². The van der Waals surface area contributed by atoms with Gasteiger partial charge in [-0.1, -0.05) is 18.2 Å². The molecule has 0 radical (unpaired) electrons. The molecule has 0 aliphatic heterocycles. The minimum absolute atomic E-state index is 0.194. The highest BCUT2D eigenvalue weighted by atomic mass is 32.1. The molecule has 3 nitrogen and oxygen atoms in total. The van der Waals surface area contributed by atoms with Gasteiger partial charge in [0.2, 0.25) is 0 Å². The molecule has 96 valence electrons. The third-order valence-corrected chi connectivity index (χ3v) is 4.27. The van der Waals surface area contributed by atoms with Gasteiger partial charge >= 0.3 is 0 Å². The lowest BCUT2D eigenvalue weighted by Gasteiger charge is -1.99. The molecule has 0 aliphatic carbocycles. The first-order valence-electron chi connectivity index (χ1n) is 6.24. The lowest BCUT2D eigenvalue weighted by atomic mass is 10.0. The average molecular weight is 270 g/mol. The number of fused-ring (bicyclic) bond motifs is 1. The van der Waals surface area contributed by atoms with Crippen molar-refractivity contribution in [3.63, 3.8) is 0 Å². The van der Waals surface area contributed by atoms with E-state index in [2.05, 4.69) is 16.0 Å². The van der Waals surface area contributed by atoms with Crippen molar-refractivity contribution in [1.82, 2.24) is 9.97 Å². The number of aromatic amines is 1. The number of imidazole rings is 1. The minimum atomic E-state index is 0.194. The number of ketones is 1. The van der Waals surface area contributed by atoms with Gasteiger partial charge in [0.15, 0.2) is 5.78 Å². The molecular weight excluding hydrogens is 256 g/mol. The first-order chi connectivity index (χ1) is 9.25. The monoisotopic (exact) mass is 270 g/mol. The Labute approximate surface area is 115 Å². The molecule has 0 fully saturated rings. The molecule has 0 bridgehead atoms. The number of Topliss-reactive ketones (excluding diaryl/α,β-unsaturated/α-hetero) is 1. The van der Waals surface area contributed by atoms with E-state index in [0.29, 0.717) is 12.8 Å². The van der Waals surface area contributed by atoms with Crippen LogP contribution in [0.1, 0.15) is 28.2 Å². The van der Waals surface area contributed by atoms with Gasteiger partial charge in [0.05, 0.1) is 12.0 Å². The summed E-state index contributed by atoms with van der Waals surface area (Å²) in [6.07, 6.45) is 2.87. The molecule has 4 heteroatoms. The summed E-state index contributed by atoms with van der Waals surface area (Å²) >= 11 is 1.63. The second-order valence-corrected chi connectivity index (χ2v) is 5.45. The molecule has 1 N–H and O–H groups in total. The standard InChI is InChI=1S/C15H14N2OS/c1-10-13(17-9-16-10)6-7-14(18)12-8-19-15-5-3-2-4-11(12)15/h2-5,8-9H,6-7H2,1H3,(H,16,17). The normalized spacial score (nSPS) is 11.0. The van der Waals surface area contributed by atoms with Gasteiger partial charge in [-0.2, -0.15) is 0 Å². The van der Waals surface area contributed by atoms with Crippen molar-refractivity contribution in [2.45, 2.75) is 19.8 Å². The molecule has 0 saturated carbocycles. The fraction of sp³-hybridized carbons (Fsp3) is 0.200. The lowest BCUT2D eigenvalue weighted by Crippen LogP contribution is -2.01. The Balaban J connectivity index is 1.79. The summed E-state index contributed by atoms with van der Waals surface area (Å²) in [7, 11) is 0. The van der Waals surface area contributed by atoms with E-state index < -0.39 is 0 Å². The Morgan fingerprint density at radius 3 is 3.00 bits per heavy atom. The van der Waals surface area contributed by atoms with Gasteiger partial charge in [-0.3, -0.25) is 4.79 Å². The summed E-state index contributed by atoms with van der Waals surface area (Å²) in [4.78, 5) is 19.6. The van der Waals surface area contributed by atoms with Gasteiger partial charge in [0.25, 0.3) is 0 Å². The Morgan fingerprint density at radius 2 is 2.21 bits per heavy atom. The maximum Gasteiger partial charge on any atom is 0.164 e. The molecule has 0 aliphatic rings. The number of carbonyl (C=O) groups excluding carboxylic acids is 1. The molecule has 0 unspecified atom stereocenters. The van der Waals surface area contributed by atoms with E-state index in [1.165, 1.54) is 4.70 Å². The van der Waals surface area contributed by atoms with Gasteiger partial charge in [0, 0.05) is 33.1 Å². The molecule has 0 saturated heterocycles. The van der Waals surface area contributed by atoms with E-state index >= 15 is 0 Å². The van der Waals surface area contributed by atoms with Gasteiger partial charge in [0.1, 0.15) is 0 Å². The molecule has 0 amide bonds. The first-order valence-corrected chi connectivity index (χ1v) is 7.12. The van der Waals surface area contributed by atoms with Crippen LogP contribution < -0.4 is 0 Å². The zero-order chi connectivity index (χ0) is 13.2. The summed E-state index contributed by atoms with van der Waals surface area (Å²) in [5, 5.41) is 3.03. The van der Waals surface area contributed by atoms with E-state index in [1.54, 1.807) is 17.7 Å². The highest BCUT2D eigenvalue weighted by Crippen LogP contribution is 2.26. The molecule has 19 heavy (non-hydrogen) atoms. The largest absolute Gasteiger partial charge is 0.348 e. The van der Waals surface area contributed by atoms with Gasteiger partial charge in [-0.25, -0.2) is 4.98 Å². The number of hydrogen-bond donors (Lipinski definition) is 1. The number of aryl methyl sites for hydroxylation is 2. The van der Waals surface area contributed by atoms with Crippen LogP contribution in [-0.4, -0.2) is 15.8 Å². The van der Waals surface area contributed by atoms with Crippen LogP contribution in [0.2, 0.25) is 0 Å². The number of nitrogens with one attached hydrogen (secondary N) is 1. The molecule has 3 rings (SSSR count). The van der Waals surface area contributed by atoms with Crippen LogP contribution >= 0.6 is 11.3 Å². The van der Waals surface area contributed by atoms with Gasteiger partial charge in [-0.05, 0) is 19.4 Å². The lowest BCUT2D eigenvalue weighted by molar-refractivity contribution is 0.0984. The van der Waals surface area contributed by atoms with Crippen molar-refractivity contribution in [3.05, 3.63) is 52.9 Å². The number of rotatable bonds is 4. The minimum Gasteiger partial charge on any atom is -0.348 e. The predicted octanol–water partition coefficient (Wildman–Crippen LogP) is 3.75. The molecular formula is C15H14N2OS. The van der Waals surface area contributed by atoms with Crippen molar-refractivity contribution in [2.24, 2.45) is 0 Å². The molecule has 2 aromatic heterocycles. The third-order valence-electron chi connectivity index (χ3n) is 3.30. The first kappa shape index (κ1) is 12.1. The van der Waals surface area contributed by atoms with Crippen LogP contribution in [0.4, 0.5) is 0 Å². The van der Waals surface area contributed by atoms with Crippen LogP contribution in [0.5, 0.6) is 0 Å². The second-order valence-electron chi connectivity index (χ2n) is 4.54. The smallest absolute Gasteiger partial charge is 0.164 e. The number of aromatic nitrogens is 2. The van der Waals surface area contributed by atoms with E-state index in [1.807, 2.05) is 30.5 Å². The Kier molecular flexibility index (Phi) is 3.17. The Morgan fingerprint density at radius 1 is 1.37 bits per heavy atom. The fourth-order valence-electron chi connectivity index (χ4n) is 2.20. The number of thiophene rings is 1. The van der Waals surface area contributed by atoms with E-state index in [4.69, 9.17) is 0 Å². The maximum atomic E-state index is 12.3. The molecule has 3 aromatic rings. The SMILES string of the molecule is Cc1[nH]cnc1CCC(=O)c1csc2ccccc12. The number of hydrogen-bond acceptors (Lipinski definition) is 3. The van der Waals surface area contributed by atoms with Gasteiger partial charge in [-0.15, -0.1) is 11.3 Å². The van der Waals surface area contributed by atoms with Crippen LogP contribution in [0.25, 0.3) is 10.1 Å². The molecule has 1 aromatic carbocycles. The summed E-state index contributed by atoms with van der Waals surface area (Å²) < 4.78 is 1.17. The summed E-state index contributed by atoms with van der Waals surface area (Å²) in [5.41, 5.74) is 2.87. The molecule has 2 heterocycles. The third kappa shape index (κ3) is 2.31. The number of benzene rings is 1. The van der Waals surface area contributed by atoms with Gasteiger partial charge < -0.3 is 4.98 Å². The van der Waals surface area contributed by atoms with Crippen LogP contribution in [0, 0.1) is 6.92 Å². The highest BCUT2D eigenvalue weighted by molar-refractivity contribution is 7.17.